The van der Waals surface area contributed by atoms with Gasteiger partial charge in [0.2, 0.25) is 0 Å². The van der Waals surface area contributed by atoms with Crippen LogP contribution in [0.4, 0.5) is 0 Å². The molecule has 0 aromatic carbocycles. The van der Waals surface area contributed by atoms with E-state index in [9.17, 15) is 0 Å². The Labute approximate surface area is 63.4 Å². The van der Waals surface area contributed by atoms with Crippen molar-refractivity contribution in [3.8, 4) is 0 Å². The smallest absolute Gasteiger partial charge is 0 e. The molecule has 0 unspecified atom stereocenters. The molecule has 0 aliphatic rings. The first kappa shape index (κ1) is 40.7. The fraction of sp³-hybridized carbons (Fsp3) is 0. The molecule has 20 valence electrons. The first-order valence-electron chi connectivity index (χ1n) is 0. The van der Waals surface area contributed by atoms with Crippen molar-refractivity contribution in [3.63, 3.8) is 0 Å². The summed E-state index contributed by atoms with van der Waals surface area (Å²) in [5, 5.41) is 0. The second-order valence-electron chi connectivity index (χ2n) is 0. The fourth-order valence-corrected chi connectivity index (χ4v) is 0. The summed E-state index contributed by atoms with van der Waals surface area (Å²) in [6.45, 7) is 0. The predicted molar refractivity (Wildman–Crippen MR) is 14.5 cm³/mol. The van der Waals surface area contributed by atoms with Crippen molar-refractivity contribution in [2.45, 2.75) is 0 Å². The van der Waals surface area contributed by atoms with Gasteiger partial charge in [0.15, 0.2) is 0 Å². The van der Waals surface area contributed by atoms with Gasteiger partial charge in [0.05, 0.1) is 0 Å². The average Bonchev–Trinajstić information content (AvgIpc) is 0. The van der Waals surface area contributed by atoms with Crippen molar-refractivity contribution < 1.29 is 39.0 Å². The molecule has 0 atom stereocenters. The minimum Gasteiger partial charge on any atom is -0.147 e. The zero-order valence-electron chi connectivity index (χ0n) is 2.23. The molecule has 0 saturated carbocycles. The van der Waals surface area contributed by atoms with Crippen molar-refractivity contribution in [3.05, 3.63) is 0 Å². The molecule has 0 fully saturated rings. The molecule has 0 radical (unpaired) electrons. The van der Waals surface area contributed by atoms with Crippen molar-refractivity contribution >= 4 is 24.8 Å². The van der Waals surface area contributed by atoms with Crippen LogP contribution in [0.1, 0.15) is 0 Å². The molecule has 0 aromatic rings. The minimum absolute atomic E-state index is 0. The van der Waals surface area contributed by atoms with Gasteiger partial charge in [0, 0.05) is 39.0 Å². The van der Waals surface area contributed by atoms with Crippen LogP contribution < -0.4 is 0 Å². The van der Waals surface area contributed by atoms with E-state index in [1.54, 1.807) is 0 Å². The van der Waals surface area contributed by atoms with Crippen molar-refractivity contribution in [1.82, 2.24) is 0 Å². The molecule has 0 amide bonds. The standard InChI is InChI=1S/2ClH.2Zn/h2*1H;;. The van der Waals surface area contributed by atoms with E-state index in [1.165, 1.54) is 0 Å². The summed E-state index contributed by atoms with van der Waals surface area (Å²) < 4.78 is 0. The first-order chi connectivity index (χ1) is 0. The second-order valence-corrected chi connectivity index (χ2v) is 0. The topological polar surface area (TPSA) is 0 Å². The number of halogens is 2. The Morgan fingerprint density at radius 2 is 0.500 bits per heavy atom. The van der Waals surface area contributed by atoms with Gasteiger partial charge >= 0.3 is 0 Å². The normalized spacial score (nSPS) is 0. The summed E-state index contributed by atoms with van der Waals surface area (Å²) in [6.07, 6.45) is 0. The van der Waals surface area contributed by atoms with E-state index in [2.05, 4.69) is 0 Å². The van der Waals surface area contributed by atoms with Crippen LogP contribution in [0.5, 0.6) is 0 Å². The van der Waals surface area contributed by atoms with Gasteiger partial charge in [-0.15, -0.1) is 24.8 Å². The third kappa shape index (κ3) is 9.16. The average molecular weight is 204 g/mol. The summed E-state index contributed by atoms with van der Waals surface area (Å²) >= 11 is 0. The van der Waals surface area contributed by atoms with Crippen LogP contribution in [0.15, 0.2) is 0 Å². The van der Waals surface area contributed by atoms with Crippen LogP contribution in [0, 0.1) is 0 Å². The van der Waals surface area contributed by atoms with Crippen LogP contribution >= 0.6 is 24.8 Å². The van der Waals surface area contributed by atoms with Gasteiger partial charge in [-0.3, -0.25) is 0 Å². The summed E-state index contributed by atoms with van der Waals surface area (Å²) in [5.74, 6) is 0. The fourth-order valence-electron chi connectivity index (χ4n) is 0. The zero-order valence-corrected chi connectivity index (χ0v) is 9.80. The minimum atomic E-state index is 0. The maximum atomic E-state index is 0. The number of hydrogen-bond donors (Lipinski definition) is 0. The molecule has 0 N–H and O–H groups in total. The van der Waals surface area contributed by atoms with Crippen LogP contribution in [0.3, 0.4) is 0 Å². The molecular weight excluding hydrogens is 202 g/mol. The van der Waals surface area contributed by atoms with E-state index < -0.39 is 0 Å². The van der Waals surface area contributed by atoms with E-state index in [-0.39, 0.29) is 63.8 Å². The molecule has 0 saturated heterocycles. The Balaban J connectivity index is 0. The van der Waals surface area contributed by atoms with Gasteiger partial charge in [0.1, 0.15) is 0 Å². The van der Waals surface area contributed by atoms with Gasteiger partial charge in [-0.05, 0) is 0 Å². The van der Waals surface area contributed by atoms with E-state index >= 15 is 0 Å². The molecule has 0 nitrogen and oxygen atoms in total. The van der Waals surface area contributed by atoms with Crippen LogP contribution in [-0.2, 0) is 39.0 Å². The molecule has 0 spiro atoms. The monoisotopic (exact) mass is 200 g/mol. The Morgan fingerprint density at radius 3 is 0.500 bits per heavy atom. The molecule has 0 bridgehead atoms. The molecular formula is H2Cl2Zn2. The summed E-state index contributed by atoms with van der Waals surface area (Å²) in [5.41, 5.74) is 0. The van der Waals surface area contributed by atoms with E-state index in [0.717, 1.165) is 0 Å². The van der Waals surface area contributed by atoms with Crippen LogP contribution in [0.25, 0.3) is 0 Å². The molecule has 0 aliphatic heterocycles. The van der Waals surface area contributed by atoms with Gasteiger partial charge in [-0.1, -0.05) is 0 Å². The van der Waals surface area contributed by atoms with E-state index in [4.69, 9.17) is 0 Å². The first-order valence-corrected chi connectivity index (χ1v) is 0. The quantitative estimate of drug-likeness (QED) is 0.512. The van der Waals surface area contributed by atoms with Crippen molar-refractivity contribution in [2.24, 2.45) is 0 Å². The third-order valence-corrected chi connectivity index (χ3v) is 0. The third-order valence-electron chi connectivity index (χ3n) is 0. The molecule has 0 heterocycles. The van der Waals surface area contributed by atoms with Crippen molar-refractivity contribution in [2.75, 3.05) is 0 Å². The van der Waals surface area contributed by atoms with E-state index in [1.807, 2.05) is 0 Å². The Bertz CT molecular complexity index is 4.00. The second kappa shape index (κ2) is 21.2. The van der Waals surface area contributed by atoms with Gasteiger partial charge in [-0.25, -0.2) is 0 Å². The van der Waals surface area contributed by atoms with Gasteiger partial charge in [0.25, 0.3) is 0 Å². The summed E-state index contributed by atoms with van der Waals surface area (Å²) in [7, 11) is 0. The maximum absolute atomic E-state index is 0. The largest absolute Gasteiger partial charge is 0.147 e. The Hall–Kier alpha value is 1.83. The SMILES string of the molecule is Cl.Cl.[Zn].[Zn]. The summed E-state index contributed by atoms with van der Waals surface area (Å²) in [4.78, 5) is 0. The maximum Gasteiger partial charge on any atom is 0 e. The molecule has 0 aromatic heterocycles. The molecule has 0 aliphatic carbocycles. The van der Waals surface area contributed by atoms with Crippen LogP contribution in [0.2, 0.25) is 0 Å². The van der Waals surface area contributed by atoms with Crippen molar-refractivity contribution in [1.29, 1.82) is 0 Å². The van der Waals surface area contributed by atoms with E-state index in [0.29, 0.717) is 0 Å². The number of hydrogen-bond acceptors (Lipinski definition) is 0. The summed E-state index contributed by atoms with van der Waals surface area (Å²) in [6, 6.07) is 0. The molecule has 4 heteroatoms. The van der Waals surface area contributed by atoms with Crippen LogP contribution in [-0.4, -0.2) is 0 Å². The zero-order chi connectivity index (χ0) is 0. The Morgan fingerprint density at radius 1 is 0.500 bits per heavy atom. The molecule has 0 rings (SSSR count). The van der Waals surface area contributed by atoms with Gasteiger partial charge in [-0.2, -0.15) is 0 Å². The predicted octanol–water partition coefficient (Wildman–Crippen LogP) is 0.839. The van der Waals surface area contributed by atoms with Gasteiger partial charge < -0.3 is 0 Å². The number of rotatable bonds is 0. The Kier molecular flexibility index (Phi) is 215. The molecule has 4 heavy (non-hydrogen) atoms.